The van der Waals surface area contributed by atoms with E-state index in [9.17, 15) is 4.79 Å². The first kappa shape index (κ1) is 15.7. The highest BCUT2D eigenvalue weighted by Crippen LogP contribution is 2.23. The quantitative estimate of drug-likeness (QED) is 0.914. The van der Waals surface area contributed by atoms with Crippen LogP contribution in [-0.2, 0) is 16.8 Å². The number of aryl methyl sites for hydroxylation is 1. The SMILES string of the molecule is CC(C)(C)c1cc(-c2cn(CCCN3CCCC3=O)nn2)n[nH]1. The number of carbonyl (C=O) groups is 1. The molecule has 0 unspecified atom stereocenters. The number of H-pyrrole nitrogens is 1. The van der Waals surface area contributed by atoms with Gasteiger partial charge in [0.2, 0.25) is 5.91 Å². The number of likely N-dealkylation sites (tertiary alicyclic amines) is 1. The summed E-state index contributed by atoms with van der Waals surface area (Å²) in [5.41, 5.74) is 2.70. The molecule has 3 rings (SSSR count). The standard InChI is InChI=1S/C16H24N6O/c1-16(2,3)14-10-12(17-19-14)13-11-22(20-18-13)9-5-8-21-7-4-6-15(21)23/h10-11H,4-9H2,1-3H3,(H,17,19). The number of aromatic amines is 1. The minimum absolute atomic E-state index is 0.0313. The maximum absolute atomic E-state index is 11.6. The lowest BCUT2D eigenvalue weighted by Crippen LogP contribution is -2.26. The van der Waals surface area contributed by atoms with Crippen molar-refractivity contribution in [3.8, 4) is 11.4 Å². The lowest BCUT2D eigenvalue weighted by Gasteiger charge is -2.14. The molecule has 1 amide bonds. The van der Waals surface area contributed by atoms with Crippen molar-refractivity contribution in [2.24, 2.45) is 0 Å². The van der Waals surface area contributed by atoms with Crippen LogP contribution < -0.4 is 0 Å². The normalized spacial score (nSPS) is 15.6. The van der Waals surface area contributed by atoms with Gasteiger partial charge in [-0.15, -0.1) is 5.10 Å². The van der Waals surface area contributed by atoms with Crippen LogP contribution in [0.25, 0.3) is 11.4 Å². The highest BCUT2D eigenvalue weighted by molar-refractivity contribution is 5.77. The van der Waals surface area contributed by atoms with Crippen molar-refractivity contribution in [3.05, 3.63) is 18.0 Å². The molecule has 1 saturated heterocycles. The molecule has 0 aromatic carbocycles. The summed E-state index contributed by atoms with van der Waals surface area (Å²) < 4.78 is 1.82. The zero-order chi connectivity index (χ0) is 16.4. The molecule has 0 aliphatic carbocycles. The number of hydrogen-bond acceptors (Lipinski definition) is 4. The fourth-order valence-electron chi connectivity index (χ4n) is 2.73. The Morgan fingerprint density at radius 3 is 2.74 bits per heavy atom. The number of hydrogen-bond donors (Lipinski definition) is 1. The molecule has 2 aromatic heterocycles. The molecule has 1 aliphatic rings. The minimum Gasteiger partial charge on any atom is -0.343 e. The van der Waals surface area contributed by atoms with Gasteiger partial charge in [-0.3, -0.25) is 14.6 Å². The Balaban J connectivity index is 1.57. The summed E-state index contributed by atoms with van der Waals surface area (Å²) in [4.78, 5) is 13.5. The number of nitrogens with zero attached hydrogens (tertiary/aromatic N) is 5. The summed E-state index contributed by atoms with van der Waals surface area (Å²) in [6.07, 6.45) is 4.49. The van der Waals surface area contributed by atoms with Gasteiger partial charge in [-0.2, -0.15) is 5.10 Å². The number of rotatable bonds is 5. The highest BCUT2D eigenvalue weighted by atomic mass is 16.2. The Labute approximate surface area is 136 Å². The summed E-state index contributed by atoms with van der Waals surface area (Å²) >= 11 is 0. The lowest BCUT2D eigenvalue weighted by atomic mass is 9.92. The van der Waals surface area contributed by atoms with E-state index in [1.165, 1.54) is 0 Å². The van der Waals surface area contributed by atoms with Crippen LogP contribution in [0.5, 0.6) is 0 Å². The largest absolute Gasteiger partial charge is 0.343 e. The van der Waals surface area contributed by atoms with Crippen molar-refractivity contribution >= 4 is 5.91 Å². The summed E-state index contributed by atoms with van der Waals surface area (Å²) in [6.45, 7) is 8.87. The third kappa shape index (κ3) is 3.60. The predicted molar refractivity (Wildman–Crippen MR) is 86.7 cm³/mol. The van der Waals surface area contributed by atoms with Gasteiger partial charge in [0, 0.05) is 37.2 Å². The molecule has 2 aromatic rings. The Morgan fingerprint density at radius 2 is 2.09 bits per heavy atom. The molecule has 7 heteroatoms. The van der Waals surface area contributed by atoms with Gasteiger partial charge in [0.25, 0.3) is 0 Å². The van der Waals surface area contributed by atoms with Gasteiger partial charge in [0.15, 0.2) is 0 Å². The van der Waals surface area contributed by atoms with Crippen LogP contribution in [0.15, 0.2) is 12.3 Å². The van der Waals surface area contributed by atoms with Crippen LogP contribution in [-0.4, -0.2) is 49.1 Å². The average Bonchev–Trinajstić information content (AvgIpc) is 3.18. The van der Waals surface area contributed by atoms with Crippen LogP contribution in [0.1, 0.15) is 45.7 Å². The molecule has 23 heavy (non-hydrogen) atoms. The van der Waals surface area contributed by atoms with Gasteiger partial charge < -0.3 is 4.90 Å². The maximum Gasteiger partial charge on any atom is 0.222 e. The van der Waals surface area contributed by atoms with Gasteiger partial charge in [-0.05, 0) is 18.9 Å². The van der Waals surface area contributed by atoms with Gasteiger partial charge in [0.1, 0.15) is 11.4 Å². The number of aromatic nitrogens is 5. The molecule has 124 valence electrons. The fraction of sp³-hybridized carbons (Fsp3) is 0.625. The van der Waals surface area contributed by atoms with Crippen LogP contribution >= 0.6 is 0 Å². The van der Waals surface area contributed by atoms with Crippen molar-refractivity contribution in [1.29, 1.82) is 0 Å². The van der Waals surface area contributed by atoms with E-state index in [1.807, 2.05) is 21.8 Å². The molecule has 0 radical (unpaired) electrons. The molecule has 1 fully saturated rings. The van der Waals surface area contributed by atoms with Crippen LogP contribution in [0.3, 0.4) is 0 Å². The molecule has 7 nitrogen and oxygen atoms in total. The minimum atomic E-state index is 0.0313. The molecule has 3 heterocycles. The molecular weight excluding hydrogens is 292 g/mol. The van der Waals surface area contributed by atoms with Crippen molar-refractivity contribution in [2.45, 2.75) is 52.0 Å². The second-order valence-corrected chi connectivity index (χ2v) is 7.12. The van der Waals surface area contributed by atoms with Crippen LogP contribution in [0.2, 0.25) is 0 Å². The third-order valence-electron chi connectivity index (χ3n) is 4.17. The van der Waals surface area contributed by atoms with Crippen molar-refractivity contribution in [3.63, 3.8) is 0 Å². The lowest BCUT2D eigenvalue weighted by molar-refractivity contribution is -0.127. The summed E-state index contributed by atoms with van der Waals surface area (Å²) in [5.74, 6) is 0.274. The molecular formula is C16H24N6O. The number of carbonyl (C=O) groups excluding carboxylic acids is 1. The van der Waals surface area contributed by atoms with E-state index < -0.39 is 0 Å². The summed E-state index contributed by atoms with van der Waals surface area (Å²) in [5, 5.41) is 15.7. The molecule has 0 bridgehead atoms. The summed E-state index contributed by atoms with van der Waals surface area (Å²) in [6, 6.07) is 2.03. The van der Waals surface area contributed by atoms with E-state index in [0.29, 0.717) is 6.42 Å². The zero-order valence-electron chi connectivity index (χ0n) is 14.0. The van der Waals surface area contributed by atoms with Gasteiger partial charge in [0.05, 0.1) is 6.20 Å². The van der Waals surface area contributed by atoms with E-state index in [0.717, 1.165) is 49.6 Å². The Hall–Kier alpha value is -2.18. The van der Waals surface area contributed by atoms with E-state index in [4.69, 9.17) is 0 Å². The van der Waals surface area contributed by atoms with Crippen LogP contribution in [0, 0.1) is 0 Å². The average molecular weight is 316 g/mol. The smallest absolute Gasteiger partial charge is 0.222 e. The molecule has 1 N–H and O–H groups in total. The summed E-state index contributed by atoms with van der Waals surface area (Å²) in [7, 11) is 0. The Kier molecular flexibility index (Phi) is 4.19. The van der Waals surface area contributed by atoms with Gasteiger partial charge in [-0.1, -0.05) is 26.0 Å². The second-order valence-electron chi connectivity index (χ2n) is 7.12. The Morgan fingerprint density at radius 1 is 1.26 bits per heavy atom. The van der Waals surface area contributed by atoms with E-state index >= 15 is 0 Å². The Bertz CT molecular complexity index is 681. The van der Waals surface area contributed by atoms with Gasteiger partial charge >= 0.3 is 0 Å². The van der Waals surface area contributed by atoms with Gasteiger partial charge in [-0.25, -0.2) is 0 Å². The monoisotopic (exact) mass is 316 g/mol. The predicted octanol–water partition coefficient (Wildman–Crippen LogP) is 1.98. The van der Waals surface area contributed by atoms with Crippen molar-refractivity contribution in [1.82, 2.24) is 30.1 Å². The molecule has 0 saturated carbocycles. The maximum atomic E-state index is 11.6. The first-order valence-corrected chi connectivity index (χ1v) is 8.18. The molecule has 0 spiro atoms. The number of amides is 1. The first-order chi connectivity index (χ1) is 10.9. The van der Waals surface area contributed by atoms with Crippen molar-refractivity contribution < 1.29 is 4.79 Å². The second kappa shape index (κ2) is 6.14. The van der Waals surface area contributed by atoms with Crippen LogP contribution in [0.4, 0.5) is 0 Å². The highest BCUT2D eigenvalue weighted by Gasteiger charge is 2.20. The van der Waals surface area contributed by atoms with E-state index in [2.05, 4.69) is 41.3 Å². The topological polar surface area (TPSA) is 79.7 Å². The fourth-order valence-corrected chi connectivity index (χ4v) is 2.73. The first-order valence-electron chi connectivity index (χ1n) is 8.18. The molecule has 1 aliphatic heterocycles. The van der Waals surface area contributed by atoms with Crippen molar-refractivity contribution in [2.75, 3.05) is 13.1 Å². The molecule has 0 atom stereocenters. The number of nitrogens with one attached hydrogen (secondary N) is 1. The van der Waals surface area contributed by atoms with E-state index in [1.54, 1.807) is 0 Å². The zero-order valence-corrected chi connectivity index (χ0v) is 14.0. The third-order valence-corrected chi connectivity index (χ3v) is 4.17. The van der Waals surface area contributed by atoms with E-state index in [-0.39, 0.29) is 11.3 Å².